The molecule has 0 fully saturated rings. The Hall–Kier alpha value is 0.695. The first kappa shape index (κ1) is 16.4. The number of nitrogens with zero attached hydrogens (tertiary/aromatic N) is 1. The molecular weight excluding hydrogens is 188 g/mol. The van der Waals surface area contributed by atoms with Crippen LogP contribution in [-0.2, 0) is 0 Å². The maximum absolute atomic E-state index is 3.78. The SMILES string of the molecule is [B].[Br-].[Na+].c1ccncc1. The van der Waals surface area contributed by atoms with Crippen molar-refractivity contribution in [3.05, 3.63) is 30.6 Å². The summed E-state index contributed by atoms with van der Waals surface area (Å²) in [5, 5.41) is 0. The Morgan fingerprint density at radius 1 is 0.889 bits per heavy atom. The van der Waals surface area contributed by atoms with Gasteiger partial charge in [-0.2, -0.15) is 0 Å². The van der Waals surface area contributed by atoms with Gasteiger partial charge in [0, 0.05) is 20.8 Å². The number of hydrogen-bond donors (Lipinski definition) is 0. The van der Waals surface area contributed by atoms with Gasteiger partial charge in [0.2, 0.25) is 0 Å². The summed E-state index contributed by atoms with van der Waals surface area (Å²) < 4.78 is 0. The number of pyridine rings is 1. The zero-order chi connectivity index (χ0) is 4.24. The third kappa shape index (κ3) is 8.69. The van der Waals surface area contributed by atoms with Crippen LogP contribution in [0.15, 0.2) is 30.6 Å². The molecule has 0 amide bonds. The molecule has 1 nitrogen and oxygen atoms in total. The molecule has 1 rings (SSSR count). The second-order valence-electron chi connectivity index (χ2n) is 1.02. The number of rotatable bonds is 0. The van der Waals surface area contributed by atoms with Crippen molar-refractivity contribution in [2.75, 3.05) is 0 Å². The molecule has 1 aromatic heterocycles. The first-order valence-corrected chi connectivity index (χ1v) is 1.85. The molecular formula is C5H5BBrNNa. The van der Waals surface area contributed by atoms with Gasteiger partial charge >= 0.3 is 29.6 Å². The summed E-state index contributed by atoms with van der Waals surface area (Å²) in [6.45, 7) is 0. The summed E-state index contributed by atoms with van der Waals surface area (Å²) in [4.78, 5) is 3.78. The topological polar surface area (TPSA) is 12.9 Å². The van der Waals surface area contributed by atoms with Gasteiger partial charge in [0.05, 0.1) is 0 Å². The van der Waals surface area contributed by atoms with E-state index >= 15 is 0 Å². The van der Waals surface area contributed by atoms with Gasteiger partial charge < -0.3 is 17.0 Å². The van der Waals surface area contributed by atoms with Crippen molar-refractivity contribution in [3.8, 4) is 0 Å². The third-order valence-electron chi connectivity index (χ3n) is 0.566. The monoisotopic (exact) mass is 192 g/mol. The Labute approximate surface area is 89.9 Å². The predicted octanol–water partition coefficient (Wildman–Crippen LogP) is -5.29. The normalized spacial score (nSPS) is 5.33. The van der Waals surface area contributed by atoms with Crippen LogP contribution in [0.4, 0.5) is 0 Å². The largest absolute Gasteiger partial charge is 1.00 e. The zero-order valence-corrected chi connectivity index (χ0v) is 8.88. The summed E-state index contributed by atoms with van der Waals surface area (Å²) in [6, 6.07) is 5.72. The van der Waals surface area contributed by atoms with E-state index in [-0.39, 0.29) is 55.0 Å². The molecule has 4 heteroatoms. The van der Waals surface area contributed by atoms with Crippen LogP contribution in [0, 0.1) is 0 Å². The van der Waals surface area contributed by atoms with E-state index in [9.17, 15) is 0 Å². The smallest absolute Gasteiger partial charge is 1.00 e. The van der Waals surface area contributed by atoms with Crippen LogP contribution in [0.25, 0.3) is 0 Å². The van der Waals surface area contributed by atoms with E-state index in [1.165, 1.54) is 0 Å². The fourth-order valence-electron chi connectivity index (χ4n) is 0.313. The molecule has 0 saturated carbocycles. The number of halogens is 1. The first-order chi connectivity index (χ1) is 3.00. The summed E-state index contributed by atoms with van der Waals surface area (Å²) in [6.07, 6.45) is 3.50. The molecule has 0 spiro atoms. The van der Waals surface area contributed by atoms with E-state index < -0.39 is 0 Å². The van der Waals surface area contributed by atoms with Gasteiger partial charge in [-0.3, -0.25) is 4.98 Å². The molecule has 0 saturated heterocycles. The summed E-state index contributed by atoms with van der Waals surface area (Å²) in [5.41, 5.74) is 0. The summed E-state index contributed by atoms with van der Waals surface area (Å²) in [7, 11) is 0. The minimum absolute atomic E-state index is 0. The Morgan fingerprint density at radius 3 is 1.44 bits per heavy atom. The van der Waals surface area contributed by atoms with E-state index in [0.717, 1.165) is 0 Å². The standard InChI is InChI=1S/C5H5N.B.BrH.Na/c1-2-4-6-5-3-1;;;/h1-5H;;1H;/q;;;+1/p-1. The first-order valence-electron chi connectivity index (χ1n) is 1.85. The molecule has 0 aliphatic heterocycles. The second kappa shape index (κ2) is 11.5. The van der Waals surface area contributed by atoms with E-state index in [1.54, 1.807) is 12.4 Å². The maximum Gasteiger partial charge on any atom is 1.00 e. The number of aromatic nitrogens is 1. The zero-order valence-electron chi connectivity index (χ0n) is 5.29. The molecule has 0 atom stereocenters. The van der Waals surface area contributed by atoms with Crippen molar-refractivity contribution in [1.29, 1.82) is 0 Å². The predicted molar refractivity (Wildman–Crippen MR) is 30.0 cm³/mol. The molecule has 0 bridgehead atoms. The van der Waals surface area contributed by atoms with Gasteiger partial charge in [0.1, 0.15) is 0 Å². The quantitative estimate of drug-likeness (QED) is 0.375. The van der Waals surface area contributed by atoms with Crippen LogP contribution in [0.3, 0.4) is 0 Å². The minimum Gasteiger partial charge on any atom is -1.00 e. The molecule has 1 heterocycles. The Bertz CT molecular complexity index is 88.9. The van der Waals surface area contributed by atoms with Crippen LogP contribution >= 0.6 is 0 Å². The molecule has 9 heavy (non-hydrogen) atoms. The van der Waals surface area contributed by atoms with Crippen LogP contribution in [0.1, 0.15) is 0 Å². The Kier molecular flexibility index (Phi) is 20.9. The molecule has 3 radical (unpaired) electrons. The van der Waals surface area contributed by atoms with Gasteiger partial charge in [-0.05, 0) is 12.1 Å². The minimum atomic E-state index is 0. The average Bonchev–Trinajstić information content (AvgIpc) is 1.72. The van der Waals surface area contributed by atoms with Crippen molar-refractivity contribution >= 4 is 8.41 Å². The van der Waals surface area contributed by atoms with Gasteiger partial charge in [0.15, 0.2) is 0 Å². The third-order valence-corrected chi connectivity index (χ3v) is 0.566. The molecule has 1 aromatic rings. The van der Waals surface area contributed by atoms with Crippen LogP contribution in [0.2, 0.25) is 0 Å². The van der Waals surface area contributed by atoms with Crippen molar-refractivity contribution in [2.45, 2.75) is 0 Å². The fourth-order valence-corrected chi connectivity index (χ4v) is 0.313. The van der Waals surface area contributed by atoms with Crippen LogP contribution in [-0.4, -0.2) is 13.4 Å². The molecule has 0 aliphatic carbocycles. The number of hydrogen-bond acceptors (Lipinski definition) is 1. The van der Waals surface area contributed by atoms with Gasteiger partial charge in [-0.25, -0.2) is 0 Å². The van der Waals surface area contributed by atoms with Crippen molar-refractivity contribution in [3.63, 3.8) is 0 Å². The second-order valence-corrected chi connectivity index (χ2v) is 1.02. The summed E-state index contributed by atoms with van der Waals surface area (Å²) >= 11 is 0. The average molecular weight is 193 g/mol. The van der Waals surface area contributed by atoms with E-state index in [0.29, 0.717) is 0 Å². The Morgan fingerprint density at radius 2 is 1.33 bits per heavy atom. The molecule has 0 aliphatic rings. The molecule has 0 N–H and O–H groups in total. The Balaban J connectivity index is -0.000000120. The van der Waals surface area contributed by atoms with E-state index in [1.807, 2.05) is 18.2 Å². The molecule has 0 aromatic carbocycles. The summed E-state index contributed by atoms with van der Waals surface area (Å²) in [5.74, 6) is 0. The van der Waals surface area contributed by atoms with Crippen LogP contribution < -0.4 is 46.5 Å². The van der Waals surface area contributed by atoms with E-state index in [2.05, 4.69) is 4.98 Å². The van der Waals surface area contributed by atoms with Gasteiger partial charge in [-0.1, -0.05) is 6.07 Å². The fraction of sp³-hybridized carbons (Fsp3) is 0. The van der Waals surface area contributed by atoms with Crippen molar-refractivity contribution in [1.82, 2.24) is 4.98 Å². The maximum atomic E-state index is 3.78. The van der Waals surface area contributed by atoms with Gasteiger partial charge in [-0.15, -0.1) is 0 Å². The van der Waals surface area contributed by atoms with Gasteiger partial charge in [0.25, 0.3) is 0 Å². The van der Waals surface area contributed by atoms with E-state index in [4.69, 9.17) is 0 Å². The van der Waals surface area contributed by atoms with Crippen molar-refractivity contribution in [2.24, 2.45) is 0 Å². The molecule has 41 valence electrons. The van der Waals surface area contributed by atoms with Crippen LogP contribution in [0.5, 0.6) is 0 Å². The van der Waals surface area contributed by atoms with Crippen molar-refractivity contribution < 1.29 is 46.5 Å². The molecule has 0 unspecified atom stereocenters.